The lowest BCUT2D eigenvalue weighted by Crippen LogP contribution is -2.54. The summed E-state index contributed by atoms with van der Waals surface area (Å²) in [7, 11) is 1.78. The number of hydrogen-bond acceptors (Lipinski definition) is 3. The van der Waals surface area contributed by atoms with E-state index in [2.05, 4.69) is 5.32 Å². The lowest BCUT2D eigenvalue weighted by Gasteiger charge is -2.39. The smallest absolute Gasteiger partial charge is 0.0985 e. The van der Waals surface area contributed by atoms with Crippen molar-refractivity contribution in [3.63, 3.8) is 0 Å². The van der Waals surface area contributed by atoms with Crippen LogP contribution in [-0.2, 0) is 9.47 Å². The second-order valence-electron chi connectivity index (χ2n) is 3.70. The number of nitrogens with one attached hydrogen (secondary N) is 1. The Kier molecular flexibility index (Phi) is 2.35. The molecule has 0 aromatic rings. The summed E-state index contributed by atoms with van der Waals surface area (Å²) in [5, 5.41) is 3.33. The molecular formula is C9H17NO2. The Bertz CT molecular complexity index is 155. The standard InChI is InChI=1S/C9H17NO2/c1-11-8-7-10-5-4-9(8)3-2-6-12-9/h8,10H,2-7H2,1H3/t8-,9-/m1/s1. The van der Waals surface area contributed by atoms with Crippen LogP contribution in [0.15, 0.2) is 0 Å². The first-order valence-corrected chi connectivity index (χ1v) is 4.75. The van der Waals surface area contributed by atoms with Gasteiger partial charge in [0, 0.05) is 20.3 Å². The molecule has 0 amide bonds. The number of rotatable bonds is 1. The lowest BCUT2D eigenvalue weighted by atomic mass is 9.87. The molecule has 0 aromatic carbocycles. The van der Waals surface area contributed by atoms with Crippen molar-refractivity contribution in [2.24, 2.45) is 0 Å². The van der Waals surface area contributed by atoms with Gasteiger partial charge in [-0.1, -0.05) is 0 Å². The molecule has 2 heterocycles. The van der Waals surface area contributed by atoms with E-state index in [1.54, 1.807) is 7.11 Å². The predicted octanol–water partition coefficient (Wildman–Crippen LogP) is 0.544. The zero-order valence-corrected chi connectivity index (χ0v) is 7.64. The third-order valence-electron chi connectivity index (χ3n) is 3.06. The molecule has 2 atom stereocenters. The van der Waals surface area contributed by atoms with Gasteiger partial charge in [0.25, 0.3) is 0 Å². The number of ether oxygens (including phenoxy) is 2. The fourth-order valence-electron chi connectivity index (χ4n) is 2.35. The van der Waals surface area contributed by atoms with Crippen LogP contribution in [0.1, 0.15) is 19.3 Å². The summed E-state index contributed by atoms with van der Waals surface area (Å²) < 4.78 is 11.3. The van der Waals surface area contributed by atoms with Gasteiger partial charge in [0.15, 0.2) is 0 Å². The Morgan fingerprint density at radius 3 is 3.08 bits per heavy atom. The zero-order valence-electron chi connectivity index (χ0n) is 7.64. The highest BCUT2D eigenvalue weighted by Crippen LogP contribution is 2.35. The van der Waals surface area contributed by atoms with Crippen molar-refractivity contribution in [3.05, 3.63) is 0 Å². The van der Waals surface area contributed by atoms with Gasteiger partial charge in [-0.15, -0.1) is 0 Å². The lowest BCUT2D eigenvalue weighted by molar-refractivity contribution is -0.120. The molecule has 2 aliphatic rings. The fourth-order valence-corrected chi connectivity index (χ4v) is 2.35. The molecular weight excluding hydrogens is 154 g/mol. The largest absolute Gasteiger partial charge is 0.377 e. The third-order valence-corrected chi connectivity index (χ3v) is 3.06. The molecule has 2 saturated heterocycles. The quantitative estimate of drug-likeness (QED) is 0.624. The van der Waals surface area contributed by atoms with Gasteiger partial charge < -0.3 is 14.8 Å². The van der Waals surface area contributed by atoms with E-state index in [1.165, 1.54) is 12.8 Å². The maximum Gasteiger partial charge on any atom is 0.0985 e. The molecule has 3 heteroatoms. The average Bonchev–Trinajstić information content (AvgIpc) is 2.55. The third kappa shape index (κ3) is 1.26. The summed E-state index contributed by atoms with van der Waals surface area (Å²) in [5.41, 5.74) is 0.0556. The number of hydrogen-bond donors (Lipinski definition) is 1. The van der Waals surface area contributed by atoms with Crippen molar-refractivity contribution in [2.45, 2.75) is 31.0 Å². The van der Waals surface area contributed by atoms with Gasteiger partial charge in [-0.3, -0.25) is 0 Å². The number of methoxy groups -OCH3 is 1. The molecule has 0 aromatic heterocycles. The highest BCUT2D eigenvalue weighted by atomic mass is 16.5. The SMILES string of the molecule is CO[C@@H]1CNCC[C@]12CCCO2. The van der Waals surface area contributed by atoms with Crippen LogP contribution in [0, 0.1) is 0 Å². The maximum absolute atomic E-state index is 5.82. The van der Waals surface area contributed by atoms with E-state index in [-0.39, 0.29) is 11.7 Å². The maximum atomic E-state index is 5.82. The molecule has 1 N–H and O–H groups in total. The molecule has 0 bridgehead atoms. The highest BCUT2D eigenvalue weighted by molar-refractivity contribution is 4.97. The molecule has 12 heavy (non-hydrogen) atoms. The van der Waals surface area contributed by atoms with Crippen LogP contribution < -0.4 is 5.32 Å². The molecule has 0 aliphatic carbocycles. The van der Waals surface area contributed by atoms with Crippen molar-refractivity contribution in [2.75, 3.05) is 26.8 Å². The van der Waals surface area contributed by atoms with Crippen LogP contribution in [0.4, 0.5) is 0 Å². The van der Waals surface area contributed by atoms with E-state index in [1.807, 2.05) is 0 Å². The summed E-state index contributed by atoms with van der Waals surface area (Å²) in [6, 6.07) is 0. The minimum atomic E-state index is 0.0556. The minimum absolute atomic E-state index is 0.0556. The van der Waals surface area contributed by atoms with E-state index >= 15 is 0 Å². The molecule has 2 aliphatic heterocycles. The molecule has 3 nitrogen and oxygen atoms in total. The summed E-state index contributed by atoms with van der Waals surface area (Å²) in [6.07, 6.45) is 3.73. The van der Waals surface area contributed by atoms with E-state index < -0.39 is 0 Å². The van der Waals surface area contributed by atoms with Gasteiger partial charge >= 0.3 is 0 Å². The average molecular weight is 171 g/mol. The van der Waals surface area contributed by atoms with E-state index in [0.717, 1.165) is 26.1 Å². The Morgan fingerprint density at radius 2 is 2.42 bits per heavy atom. The summed E-state index contributed by atoms with van der Waals surface area (Å²) in [4.78, 5) is 0. The van der Waals surface area contributed by atoms with E-state index in [0.29, 0.717) is 0 Å². The van der Waals surface area contributed by atoms with Gasteiger partial charge in [-0.25, -0.2) is 0 Å². The molecule has 2 fully saturated rings. The van der Waals surface area contributed by atoms with Crippen LogP contribution in [0.3, 0.4) is 0 Å². The normalized spacial score (nSPS) is 42.2. The van der Waals surface area contributed by atoms with Crippen molar-refractivity contribution >= 4 is 0 Å². The van der Waals surface area contributed by atoms with Crippen LogP contribution in [0.5, 0.6) is 0 Å². The Labute approximate surface area is 73.4 Å². The molecule has 0 radical (unpaired) electrons. The summed E-state index contributed by atoms with van der Waals surface area (Å²) in [5.74, 6) is 0. The van der Waals surface area contributed by atoms with E-state index in [9.17, 15) is 0 Å². The van der Waals surface area contributed by atoms with Gasteiger partial charge in [0.1, 0.15) is 0 Å². The van der Waals surface area contributed by atoms with Gasteiger partial charge in [-0.05, 0) is 25.8 Å². The second-order valence-corrected chi connectivity index (χ2v) is 3.70. The molecule has 1 spiro atoms. The van der Waals surface area contributed by atoms with Crippen LogP contribution in [0.2, 0.25) is 0 Å². The van der Waals surface area contributed by atoms with E-state index in [4.69, 9.17) is 9.47 Å². The molecule has 2 rings (SSSR count). The Hall–Kier alpha value is -0.120. The van der Waals surface area contributed by atoms with Crippen LogP contribution in [-0.4, -0.2) is 38.5 Å². The monoisotopic (exact) mass is 171 g/mol. The first-order chi connectivity index (χ1) is 5.87. The number of piperidine rings is 1. The molecule has 0 unspecified atom stereocenters. The first kappa shape index (κ1) is 8.48. The topological polar surface area (TPSA) is 30.5 Å². The summed E-state index contributed by atoms with van der Waals surface area (Å²) >= 11 is 0. The highest BCUT2D eigenvalue weighted by Gasteiger charge is 2.44. The fraction of sp³-hybridized carbons (Fsp3) is 1.00. The Morgan fingerprint density at radius 1 is 1.50 bits per heavy atom. The van der Waals surface area contributed by atoms with Gasteiger partial charge in [-0.2, -0.15) is 0 Å². The minimum Gasteiger partial charge on any atom is -0.377 e. The predicted molar refractivity (Wildman–Crippen MR) is 46.2 cm³/mol. The van der Waals surface area contributed by atoms with Gasteiger partial charge in [0.2, 0.25) is 0 Å². The van der Waals surface area contributed by atoms with Crippen molar-refractivity contribution in [1.82, 2.24) is 5.32 Å². The summed E-state index contributed by atoms with van der Waals surface area (Å²) in [6.45, 7) is 2.93. The Balaban J connectivity index is 2.07. The van der Waals surface area contributed by atoms with Gasteiger partial charge in [0.05, 0.1) is 11.7 Å². The zero-order chi connectivity index (χ0) is 8.44. The first-order valence-electron chi connectivity index (χ1n) is 4.75. The second kappa shape index (κ2) is 3.32. The van der Waals surface area contributed by atoms with Crippen LogP contribution >= 0.6 is 0 Å². The van der Waals surface area contributed by atoms with Crippen LogP contribution in [0.25, 0.3) is 0 Å². The van der Waals surface area contributed by atoms with Crippen molar-refractivity contribution in [3.8, 4) is 0 Å². The van der Waals surface area contributed by atoms with Crippen molar-refractivity contribution in [1.29, 1.82) is 0 Å². The molecule has 0 saturated carbocycles. The van der Waals surface area contributed by atoms with Crippen molar-refractivity contribution < 1.29 is 9.47 Å². The molecule has 70 valence electrons.